The largest absolute Gasteiger partial charge is 0.393 e. The number of aliphatic hydroxyl groups excluding tert-OH is 1. The third-order valence-corrected chi connectivity index (χ3v) is 5.03. The van der Waals surface area contributed by atoms with Gasteiger partial charge in [-0.1, -0.05) is 48.5 Å². The van der Waals surface area contributed by atoms with Crippen LogP contribution in [0.5, 0.6) is 0 Å². The number of amides is 1. The van der Waals surface area contributed by atoms with E-state index in [1.807, 2.05) is 67.6 Å². The molecule has 4 nitrogen and oxygen atoms in total. The Kier molecular flexibility index (Phi) is 5.84. The zero-order valence-electron chi connectivity index (χ0n) is 14.6. The summed E-state index contributed by atoms with van der Waals surface area (Å²) in [5, 5.41) is 12.9. The highest BCUT2D eigenvalue weighted by molar-refractivity contribution is 5.95. The number of aliphatic hydroxyl groups is 1. The maximum Gasteiger partial charge on any atom is 0.246 e. The van der Waals surface area contributed by atoms with Gasteiger partial charge in [-0.25, -0.2) is 0 Å². The average Bonchev–Trinajstić information content (AvgIpc) is 2.64. The van der Waals surface area contributed by atoms with Crippen LogP contribution >= 0.6 is 0 Å². The fourth-order valence-corrected chi connectivity index (χ4v) is 3.56. The van der Waals surface area contributed by atoms with Gasteiger partial charge in [0, 0.05) is 5.69 Å². The van der Waals surface area contributed by atoms with Crippen LogP contribution in [0, 0.1) is 5.92 Å². The van der Waals surface area contributed by atoms with Gasteiger partial charge >= 0.3 is 0 Å². The highest BCUT2D eigenvalue weighted by Gasteiger charge is 2.32. The zero-order chi connectivity index (χ0) is 17.6. The number of carbonyl (C=O) groups is 1. The Labute approximate surface area is 149 Å². The molecule has 2 atom stereocenters. The molecule has 1 fully saturated rings. The molecule has 4 heteroatoms. The summed E-state index contributed by atoms with van der Waals surface area (Å²) in [6.45, 7) is 3.49. The van der Waals surface area contributed by atoms with Gasteiger partial charge in [0.2, 0.25) is 5.91 Å². The van der Waals surface area contributed by atoms with E-state index in [2.05, 4.69) is 10.2 Å². The van der Waals surface area contributed by atoms with Crippen molar-refractivity contribution >= 4 is 11.6 Å². The van der Waals surface area contributed by atoms with E-state index in [-0.39, 0.29) is 18.1 Å². The average molecular weight is 338 g/mol. The molecular weight excluding hydrogens is 312 g/mol. The third-order valence-electron chi connectivity index (χ3n) is 5.03. The van der Waals surface area contributed by atoms with Crippen molar-refractivity contribution in [3.8, 4) is 0 Å². The van der Waals surface area contributed by atoms with Crippen LogP contribution in [0.25, 0.3) is 0 Å². The molecule has 25 heavy (non-hydrogen) atoms. The Morgan fingerprint density at radius 3 is 2.16 bits per heavy atom. The van der Waals surface area contributed by atoms with Crippen molar-refractivity contribution < 1.29 is 9.90 Å². The Bertz CT molecular complexity index is 665. The first-order valence-electron chi connectivity index (χ1n) is 8.98. The molecule has 2 N–H and O–H groups in total. The second-order valence-corrected chi connectivity index (χ2v) is 6.78. The summed E-state index contributed by atoms with van der Waals surface area (Å²) >= 11 is 0. The smallest absolute Gasteiger partial charge is 0.246 e. The molecule has 1 amide bonds. The molecule has 2 aromatic rings. The van der Waals surface area contributed by atoms with E-state index in [0.29, 0.717) is 5.92 Å². The van der Waals surface area contributed by atoms with E-state index in [9.17, 15) is 9.90 Å². The van der Waals surface area contributed by atoms with Crippen LogP contribution in [0.3, 0.4) is 0 Å². The summed E-state index contributed by atoms with van der Waals surface area (Å²) in [7, 11) is 0. The number of hydrogen-bond donors (Lipinski definition) is 2. The molecule has 2 aromatic carbocycles. The standard InChI is InChI=1S/C21H26N2O2/c1-16(24)17-12-14-23(15-13-17)20(18-8-4-2-5-9-18)21(25)22-19-10-6-3-7-11-19/h2-11,16-17,20,24H,12-15H2,1H3,(H,22,25). The predicted molar refractivity (Wildman–Crippen MR) is 100 cm³/mol. The van der Waals surface area contributed by atoms with Crippen LogP contribution in [0.2, 0.25) is 0 Å². The van der Waals surface area contributed by atoms with Gasteiger partial charge in [0.1, 0.15) is 6.04 Å². The van der Waals surface area contributed by atoms with Crippen molar-refractivity contribution in [2.75, 3.05) is 18.4 Å². The van der Waals surface area contributed by atoms with E-state index >= 15 is 0 Å². The molecule has 2 unspecified atom stereocenters. The summed E-state index contributed by atoms with van der Waals surface area (Å²) in [5.74, 6) is 0.317. The first kappa shape index (κ1) is 17.6. The van der Waals surface area contributed by atoms with Crippen molar-refractivity contribution in [2.45, 2.75) is 31.9 Å². The molecule has 0 spiro atoms. The zero-order valence-corrected chi connectivity index (χ0v) is 14.6. The minimum absolute atomic E-state index is 0.00658. The first-order valence-corrected chi connectivity index (χ1v) is 8.98. The molecule has 1 heterocycles. The third kappa shape index (κ3) is 4.47. The lowest BCUT2D eigenvalue weighted by Crippen LogP contribution is -2.43. The van der Waals surface area contributed by atoms with Gasteiger partial charge in [0.15, 0.2) is 0 Å². The minimum atomic E-state index is -0.309. The maximum absolute atomic E-state index is 13.0. The molecule has 132 valence electrons. The number of piperidine rings is 1. The maximum atomic E-state index is 13.0. The highest BCUT2D eigenvalue weighted by Crippen LogP contribution is 2.29. The van der Waals surface area contributed by atoms with Crippen LogP contribution in [-0.2, 0) is 4.79 Å². The van der Waals surface area contributed by atoms with E-state index in [1.165, 1.54) is 0 Å². The van der Waals surface area contributed by atoms with Crippen LogP contribution in [-0.4, -0.2) is 35.1 Å². The van der Waals surface area contributed by atoms with Crippen LogP contribution in [0.1, 0.15) is 31.4 Å². The lowest BCUT2D eigenvalue weighted by atomic mass is 9.90. The SMILES string of the molecule is CC(O)C1CCN(C(C(=O)Nc2ccccc2)c2ccccc2)CC1. The van der Waals surface area contributed by atoms with Crippen molar-refractivity contribution in [3.63, 3.8) is 0 Å². The number of hydrogen-bond acceptors (Lipinski definition) is 3. The van der Waals surface area contributed by atoms with E-state index in [0.717, 1.165) is 37.2 Å². The number of carbonyl (C=O) groups excluding carboxylic acids is 1. The van der Waals surface area contributed by atoms with Crippen molar-refractivity contribution in [1.29, 1.82) is 0 Å². The number of nitrogens with one attached hydrogen (secondary N) is 1. The molecule has 1 saturated heterocycles. The molecule has 0 aromatic heterocycles. The Morgan fingerprint density at radius 1 is 1.04 bits per heavy atom. The van der Waals surface area contributed by atoms with E-state index < -0.39 is 0 Å². The molecule has 0 radical (unpaired) electrons. The predicted octanol–water partition coefficient (Wildman–Crippen LogP) is 3.46. The molecular formula is C21H26N2O2. The summed E-state index contributed by atoms with van der Waals surface area (Å²) in [4.78, 5) is 15.3. The normalized spacial score (nSPS) is 18.5. The molecule has 1 aliphatic heterocycles. The number of benzene rings is 2. The van der Waals surface area contributed by atoms with Gasteiger partial charge in [0.05, 0.1) is 6.10 Å². The van der Waals surface area contributed by atoms with Crippen molar-refractivity contribution in [1.82, 2.24) is 4.90 Å². The van der Waals surface area contributed by atoms with Crippen LogP contribution in [0.15, 0.2) is 60.7 Å². The van der Waals surface area contributed by atoms with Crippen LogP contribution < -0.4 is 5.32 Å². The quantitative estimate of drug-likeness (QED) is 0.878. The summed E-state index contributed by atoms with van der Waals surface area (Å²) in [6, 6.07) is 19.2. The molecule has 0 saturated carbocycles. The van der Waals surface area contributed by atoms with E-state index in [1.54, 1.807) is 0 Å². The van der Waals surface area contributed by atoms with Gasteiger partial charge in [-0.15, -0.1) is 0 Å². The fourth-order valence-electron chi connectivity index (χ4n) is 3.56. The number of anilines is 1. The molecule has 0 bridgehead atoms. The highest BCUT2D eigenvalue weighted by atomic mass is 16.3. The number of rotatable bonds is 5. The second kappa shape index (κ2) is 8.28. The van der Waals surface area contributed by atoms with Gasteiger partial charge in [-0.3, -0.25) is 9.69 Å². The van der Waals surface area contributed by atoms with Crippen LogP contribution in [0.4, 0.5) is 5.69 Å². The van der Waals surface area contributed by atoms with Crippen molar-refractivity contribution in [3.05, 3.63) is 66.2 Å². The monoisotopic (exact) mass is 338 g/mol. The van der Waals surface area contributed by atoms with Gasteiger partial charge in [-0.2, -0.15) is 0 Å². The number of nitrogens with zero attached hydrogens (tertiary/aromatic N) is 1. The minimum Gasteiger partial charge on any atom is -0.393 e. The van der Waals surface area contributed by atoms with Gasteiger partial charge in [0.25, 0.3) is 0 Å². The Balaban J connectivity index is 1.78. The fraction of sp³-hybridized carbons (Fsp3) is 0.381. The summed E-state index contributed by atoms with van der Waals surface area (Å²) < 4.78 is 0. The second-order valence-electron chi connectivity index (χ2n) is 6.78. The Morgan fingerprint density at radius 2 is 1.60 bits per heavy atom. The first-order chi connectivity index (χ1) is 12.1. The topological polar surface area (TPSA) is 52.6 Å². The number of para-hydroxylation sites is 1. The molecule has 3 rings (SSSR count). The summed E-state index contributed by atoms with van der Waals surface area (Å²) in [6.07, 6.45) is 1.55. The summed E-state index contributed by atoms with van der Waals surface area (Å²) in [5.41, 5.74) is 1.82. The van der Waals surface area contributed by atoms with Gasteiger partial charge < -0.3 is 10.4 Å². The van der Waals surface area contributed by atoms with E-state index in [4.69, 9.17) is 0 Å². The molecule has 1 aliphatic rings. The lowest BCUT2D eigenvalue weighted by Gasteiger charge is -2.37. The van der Waals surface area contributed by atoms with Crippen molar-refractivity contribution in [2.24, 2.45) is 5.92 Å². The number of likely N-dealkylation sites (tertiary alicyclic amines) is 1. The molecule has 0 aliphatic carbocycles. The lowest BCUT2D eigenvalue weighted by molar-refractivity contribution is -0.122. The van der Waals surface area contributed by atoms with Gasteiger partial charge in [-0.05, 0) is 56.5 Å². The Hall–Kier alpha value is -2.17.